The number of phenols is 2. The van der Waals surface area contributed by atoms with Crippen LogP contribution in [0.1, 0.15) is 126 Å². The van der Waals surface area contributed by atoms with Crippen LogP contribution in [0.2, 0.25) is 0 Å². The molecule has 17 nitrogen and oxygen atoms in total. The van der Waals surface area contributed by atoms with Gasteiger partial charge in [-0.3, -0.25) is 33.5 Å². The van der Waals surface area contributed by atoms with Gasteiger partial charge >= 0.3 is 11.9 Å². The fraction of sp³-hybridized carbons (Fsp3) is 0.408. The van der Waals surface area contributed by atoms with E-state index in [2.05, 4.69) is 15.5 Å². The standard InChI is InChI=1S/C49H51N7O10/c1-6-30-32-19-29(57)13-14-37(32)51-41-34(30)23-55-38(41)21-36-35(46(55)62)24-65-48(64)49(36,7-2)66-47(63)27-15-17-54(18-16-27)45(61)26-9-11-28(12-10-26)56-42(52-53-43(56)44(60)50-8-3)33-20-31(25(4)5)39(58)22-40(33)59/h9-12,20-22,25,27,58-59H,6-8,13-19,23-24H2,1-5H3,(H,50,60). The Kier molecular flexibility index (Phi) is 11.3. The van der Waals surface area contributed by atoms with Crippen molar-refractivity contribution in [3.63, 3.8) is 0 Å². The number of carbonyl (C=O) groups excluding carboxylic acids is 5. The lowest BCUT2D eigenvalue weighted by Gasteiger charge is -2.38. The summed E-state index contributed by atoms with van der Waals surface area (Å²) < 4.78 is 14.9. The minimum absolute atomic E-state index is 0.0179. The number of esters is 2. The number of benzene rings is 2. The number of carbonyl (C=O) groups is 5. The largest absolute Gasteiger partial charge is 0.508 e. The first-order chi connectivity index (χ1) is 31.7. The van der Waals surface area contributed by atoms with E-state index in [1.54, 1.807) is 59.7 Å². The molecule has 1 atom stereocenters. The van der Waals surface area contributed by atoms with Crippen LogP contribution in [0.3, 0.4) is 0 Å². The van der Waals surface area contributed by atoms with Crippen molar-refractivity contribution >= 4 is 29.5 Å². The van der Waals surface area contributed by atoms with E-state index in [-0.39, 0.29) is 103 Å². The number of piperidine rings is 1. The molecule has 4 aliphatic rings. The molecule has 1 saturated heterocycles. The van der Waals surface area contributed by atoms with Gasteiger partial charge in [-0.05, 0) is 98.0 Å². The van der Waals surface area contributed by atoms with Crippen LogP contribution in [-0.2, 0) is 61.9 Å². The summed E-state index contributed by atoms with van der Waals surface area (Å²) in [6, 6.07) is 11.1. The lowest BCUT2D eigenvalue weighted by atomic mass is 9.84. The van der Waals surface area contributed by atoms with Gasteiger partial charge in [-0.25, -0.2) is 4.79 Å². The molecule has 0 bridgehead atoms. The van der Waals surface area contributed by atoms with Gasteiger partial charge in [0.25, 0.3) is 17.4 Å². The summed E-state index contributed by atoms with van der Waals surface area (Å²) in [5.74, 6) is -2.97. The van der Waals surface area contributed by atoms with E-state index in [0.29, 0.717) is 66.0 Å². The summed E-state index contributed by atoms with van der Waals surface area (Å²) in [6.07, 6.45) is 2.45. The number of aryl methyl sites for hydroxylation is 1. The van der Waals surface area contributed by atoms with Gasteiger partial charge in [0.15, 0.2) is 5.82 Å². The topological polar surface area (TPSA) is 225 Å². The molecule has 1 fully saturated rings. The maximum absolute atomic E-state index is 14.2. The smallest absolute Gasteiger partial charge is 0.355 e. The highest BCUT2D eigenvalue weighted by atomic mass is 16.6. The maximum atomic E-state index is 14.2. The van der Waals surface area contributed by atoms with Crippen molar-refractivity contribution in [2.45, 2.75) is 104 Å². The van der Waals surface area contributed by atoms with Gasteiger partial charge in [-0.15, -0.1) is 10.2 Å². The quantitative estimate of drug-likeness (QED) is 0.151. The van der Waals surface area contributed by atoms with E-state index in [0.717, 1.165) is 22.4 Å². The molecule has 3 N–H and O–H groups in total. The second-order valence-corrected chi connectivity index (χ2v) is 17.6. The number of fused-ring (bicyclic) bond motifs is 5. The number of ether oxygens (including phenoxy) is 2. The van der Waals surface area contributed by atoms with E-state index in [9.17, 15) is 39.0 Å². The Hall–Kier alpha value is -7.17. The molecule has 3 aliphatic heterocycles. The first kappa shape index (κ1) is 44.1. The van der Waals surface area contributed by atoms with Crippen LogP contribution in [0.15, 0.2) is 47.3 Å². The number of rotatable bonds is 10. The fourth-order valence-corrected chi connectivity index (χ4v) is 9.94. The number of aromatic hydroxyl groups is 2. The number of phenolic OH excluding ortho intramolecular Hbond substituents is 2. The van der Waals surface area contributed by atoms with E-state index < -0.39 is 29.4 Å². The molecule has 342 valence electrons. The molecule has 2 amide bonds. The molecule has 17 heteroatoms. The minimum atomic E-state index is -1.87. The minimum Gasteiger partial charge on any atom is -0.508 e. The van der Waals surface area contributed by atoms with Crippen molar-refractivity contribution in [1.82, 2.24) is 34.5 Å². The van der Waals surface area contributed by atoms with Crippen LogP contribution in [0.4, 0.5) is 0 Å². The molecule has 9 rings (SSSR count). The predicted octanol–water partition coefficient (Wildman–Crippen LogP) is 5.18. The van der Waals surface area contributed by atoms with Crippen molar-refractivity contribution in [3.05, 3.63) is 103 Å². The zero-order valence-electron chi connectivity index (χ0n) is 37.5. The highest BCUT2D eigenvalue weighted by molar-refractivity contribution is 5.95. The van der Waals surface area contributed by atoms with Crippen LogP contribution < -0.4 is 10.9 Å². The van der Waals surface area contributed by atoms with Crippen LogP contribution >= 0.6 is 0 Å². The highest BCUT2D eigenvalue weighted by Gasteiger charge is 2.51. The molecule has 2 aromatic carbocycles. The van der Waals surface area contributed by atoms with Crippen molar-refractivity contribution in [3.8, 4) is 40.0 Å². The SMILES string of the molecule is CCNC(=O)c1nnc(-c2cc(C(C)C)c(O)cc2O)n1-c1ccc(C(=O)N2CCC(C(=O)OC3(CC)C(=O)OCc4c3cc3n(c4=O)Cc4c-3nc3c(c4CC)CC(=O)CC3)CC2)cc1. The van der Waals surface area contributed by atoms with Crippen molar-refractivity contribution in [2.24, 2.45) is 5.92 Å². The van der Waals surface area contributed by atoms with Gasteiger partial charge in [0, 0.05) is 66.6 Å². The lowest BCUT2D eigenvalue weighted by Crippen LogP contribution is -2.49. The third-order valence-corrected chi connectivity index (χ3v) is 13.5. The number of likely N-dealkylation sites (tertiary alicyclic amines) is 1. The summed E-state index contributed by atoms with van der Waals surface area (Å²) >= 11 is 0. The van der Waals surface area contributed by atoms with Crippen LogP contribution in [-0.4, -0.2) is 88.6 Å². The molecule has 6 heterocycles. The Bertz CT molecular complexity index is 2930. The molecule has 1 aliphatic carbocycles. The highest BCUT2D eigenvalue weighted by Crippen LogP contribution is 2.44. The Morgan fingerprint density at radius 2 is 1.68 bits per heavy atom. The van der Waals surface area contributed by atoms with E-state index in [1.165, 1.54) is 10.6 Å². The summed E-state index contributed by atoms with van der Waals surface area (Å²) in [6.45, 7) is 10.1. The van der Waals surface area contributed by atoms with Crippen LogP contribution in [0.5, 0.6) is 11.5 Å². The van der Waals surface area contributed by atoms with Gasteiger partial charge in [-0.1, -0.05) is 27.7 Å². The average molecular weight is 898 g/mol. The van der Waals surface area contributed by atoms with Gasteiger partial charge in [0.2, 0.25) is 11.4 Å². The molecule has 0 radical (unpaired) electrons. The molecule has 5 aromatic rings. The summed E-state index contributed by atoms with van der Waals surface area (Å²) in [5.41, 5.74) is 4.80. The third-order valence-electron chi connectivity index (χ3n) is 13.5. The second kappa shape index (κ2) is 17.0. The number of pyridine rings is 2. The monoisotopic (exact) mass is 897 g/mol. The van der Waals surface area contributed by atoms with Gasteiger partial charge in [-0.2, -0.15) is 0 Å². The summed E-state index contributed by atoms with van der Waals surface area (Å²) in [4.78, 5) is 88.2. The first-order valence-electron chi connectivity index (χ1n) is 22.6. The van der Waals surface area contributed by atoms with Crippen LogP contribution in [0, 0.1) is 5.92 Å². The molecule has 0 saturated carbocycles. The van der Waals surface area contributed by atoms with Gasteiger partial charge in [0.05, 0.1) is 35.0 Å². The number of aromatic nitrogens is 5. The zero-order valence-corrected chi connectivity index (χ0v) is 37.5. The molecular weight excluding hydrogens is 847 g/mol. The predicted molar refractivity (Wildman–Crippen MR) is 238 cm³/mol. The molecular formula is C49H51N7O10. The number of ketones is 1. The zero-order chi connectivity index (χ0) is 46.8. The molecule has 66 heavy (non-hydrogen) atoms. The number of hydrogen-bond donors (Lipinski definition) is 3. The Morgan fingerprint density at radius 3 is 2.36 bits per heavy atom. The Morgan fingerprint density at radius 1 is 0.939 bits per heavy atom. The van der Waals surface area contributed by atoms with E-state index in [4.69, 9.17) is 14.5 Å². The number of nitrogens with one attached hydrogen (secondary N) is 1. The van der Waals surface area contributed by atoms with Crippen molar-refractivity contribution in [1.29, 1.82) is 0 Å². The number of cyclic esters (lactones) is 1. The van der Waals surface area contributed by atoms with Crippen LogP contribution in [0.25, 0.3) is 28.5 Å². The molecule has 1 unspecified atom stereocenters. The average Bonchev–Trinajstić information content (AvgIpc) is 3.91. The summed E-state index contributed by atoms with van der Waals surface area (Å²) in [7, 11) is 0. The Balaban J connectivity index is 0.933. The number of amides is 2. The molecule has 3 aromatic heterocycles. The van der Waals surface area contributed by atoms with Crippen molar-refractivity contribution < 1.29 is 43.7 Å². The van der Waals surface area contributed by atoms with Gasteiger partial charge < -0.3 is 34.5 Å². The third kappa shape index (κ3) is 7.20. The normalized spacial score (nSPS) is 17.8. The first-order valence-corrected chi connectivity index (χ1v) is 22.6. The number of Topliss-reactive ketones (excluding diaryl/α,β-unsaturated/α-hetero) is 1. The lowest BCUT2D eigenvalue weighted by molar-refractivity contribution is -0.192. The van der Waals surface area contributed by atoms with Crippen molar-refractivity contribution in [2.75, 3.05) is 19.6 Å². The molecule has 0 spiro atoms. The fourth-order valence-electron chi connectivity index (χ4n) is 9.94. The number of nitrogens with zero attached hydrogens (tertiary/aromatic N) is 6. The number of hydrogen-bond acceptors (Lipinski definition) is 13. The Labute approximate surface area is 379 Å². The van der Waals surface area contributed by atoms with Gasteiger partial charge in [0.1, 0.15) is 23.9 Å². The van der Waals surface area contributed by atoms with E-state index in [1.807, 2.05) is 20.8 Å². The summed E-state index contributed by atoms with van der Waals surface area (Å²) in [5, 5.41) is 32.5. The van der Waals surface area contributed by atoms with E-state index >= 15 is 0 Å². The second-order valence-electron chi connectivity index (χ2n) is 17.6. The maximum Gasteiger partial charge on any atom is 0.355 e.